The monoisotopic (exact) mass is 297 g/mol. The van der Waals surface area contributed by atoms with Crippen LogP contribution in [0.15, 0.2) is 5.16 Å². The van der Waals surface area contributed by atoms with Crippen molar-refractivity contribution in [2.45, 2.75) is 56.7 Å². The molecule has 0 saturated carbocycles. The van der Waals surface area contributed by atoms with Crippen molar-refractivity contribution < 1.29 is 9.59 Å². The minimum Gasteiger partial charge on any atom is -0.324 e. The zero-order chi connectivity index (χ0) is 14.9. The molecular weight excluding hydrogens is 278 g/mol. The third-order valence-corrected chi connectivity index (χ3v) is 4.36. The van der Waals surface area contributed by atoms with Crippen LogP contribution in [0.3, 0.4) is 0 Å². The molecule has 1 atom stereocenters. The lowest BCUT2D eigenvalue weighted by molar-refractivity contribution is -0.140. The van der Waals surface area contributed by atoms with Gasteiger partial charge in [-0.15, -0.1) is 10.2 Å². The first-order valence-electron chi connectivity index (χ1n) is 6.64. The van der Waals surface area contributed by atoms with Gasteiger partial charge in [0, 0.05) is 19.0 Å². The van der Waals surface area contributed by atoms with Crippen molar-refractivity contribution in [3.63, 3.8) is 0 Å². The Morgan fingerprint density at radius 3 is 2.60 bits per heavy atom. The molecule has 0 spiro atoms. The molecule has 2 amide bonds. The van der Waals surface area contributed by atoms with Crippen LogP contribution < -0.4 is 5.73 Å². The topological polar surface area (TPSA) is 94.1 Å². The predicted octanol–water partition coefficient (Wildman–Crippen LogP) is 0.385. The maximum atomic E-state index is 12.2. The molecule has 0 aliphatic carbocycles. The Kier molecular flexibility index (Phi) is 4.44. The van der Waals surface area contributed by atoms with Crippen molar-refractivity contribution in [1.29, 1.82) is 0 Å². The molecule has 8 heteroatoms. The number of aromatic nitrogens is 3. The highest BCUT2D eigenvalue weighted by Crippen LogP contribution is 2.31. The number of nitrogens with two attached hydrogens (primary N) is 1. The van der Waals surface area contributed by atoms with Gasteiger partial charge in [-0.2, -0.15) is 0 Å². The second-order valence-electron chi connectivity index (χ2n) is 4.85. The summed E-state index contributed by atoms with van der Waals surface area (Å²) >= 11 is 1.29. The van der Waals surface area contributed by atoms with Crippen LogP contribution in [-0.4, -0.2) is 42.8 Å². The van der Waals surface area contributed by atoms with E-state index in [0.29, 0.717) is 24.1 Å². The summed E-state index contributed by atoms with van der Waals surface area (Å²) in [4.78, 5) is 25.4. The number of hydrogen-bond donors (Lipinski definition) is 1. The van der Waals surface area contributed by atoms with Crippen LogP contribution >= 0.6 is 11.8 Å². The summed E-state index contributed by atoms with van der Waals surface area (Å²) in [6, 6.07) is -0.107. The molecule has 0 aromatic carbocycles. The van der Waals surface area contributed by atoms with E-state index in [1.807, 2.05) is 25.3 Å². The zero-order valence-corrected chi connectivity index (χ0v) is 12.7. The Labute approximate surface area is 121 Å². The van der Waals surface area contributed by atoms with Crippen molar-refractivity contribution in [3.8, 4) is 0 Å². The van der Waals surface area contributed by atoms with Gasteiger partial charge in [0.2, 0.25) is 11.8 Å². The van der Waals surface area contributed by atoms with Gasteiger partial charge >= 0.3 is 0 Å². The van der Waals surface area contributed by atoms with E-state index in [0.717, 1.165) is 0 Å². The first-order chi connectivity index (χ1) is 9.49. The van der Waals surface area contributed by atoms with Crippen molar-refractivity contribution in [2.75, 3.05) is 0 Å². The van der Waals surface area contributed by atoms with Gasteiger partial charge in [-0.05, 0) is 20.8 Å². The molecule has 2 N–H and O–H groups in total. The number of amides is 2. The smallest absolute Gasteiger partial charge is 0.243 e. The zero-order valence-electron chi connectivity index (χ0n) is 11.9. The molecule has 7 nitrogen and oxygen atoms in total. The lowest BCUT2D eigenvalue weighted by Crippen LogP contribution is -2.37. The lowest BCUT2D eigenvalue weighted by Gasteiger charge is -2.18. The molecule has 1 aliphatic heterocycles. The Bertz CT molecular complexity index is 528. The van der Waals surface area contributed by atoms with Crippen molar-refractivity contribution in [3.05, 3.63) is 5.82 Å². The van der Waals surface area contributed by atoms with E-state index < -0.39 is 5.25 Å². The largest absolute Gasteiger partial charge is 0.324 e. The normalized spacial score (nSPS) is 19.4. The Balaban J connectivity index is 2.17. The molecule has 2 heterocycles. The van der Waals surface area contributed by atoms with Gasteiger partial charge in [-0.3, -0.25) is 14.5 Å². The maximum Gasteiger partial charge on any atom is 0.243 e. The summed E-state index contributed by atoms with van der Waals surface area (Å²) in [5.74, 6) is 0.423. The number of hydrogen-bond acceptors (Lipinski definition) is 6. The second kappa shape index (κ2) is 5.92. The van der Waals surface area contributed by atoms with E-state index in [9.17, 15) is 9.59 Å². The molecule has 0 bridgehead atoms. The van der Waals surface area contributed by atoms with Crippen molar-refractivity contribution >= 4 is 23.6 Å². The summed E-state index contributed by atoms with van der Waals surface area (Å²) in [5, 5.41) is 8.30. The minimum absolute atomic E-state index is 0.107. The van der Waals surface area contributed by atoms with Crippen LogP contribution in [0.2, 0.25) is 0 Å². The molecular formula is C12H19N5O2S. The summed E-state index contributed by atoms with van der Waals surface area (Å²) in [6.07, 6.45) is 0.218. The number of carbonyl (C=O) groups excluding carboxylic acids is 2. The van der Waals surface area contributed by atoms with Crippen molar-refractivity contribution in [1.82, 2.24) is 19.7 Å². The summed E-state index contributed by atoms with van der Waals surface area (Å²) < 4.78 is 1.88. The van der Waals surface area contributed by atoms with Crippen LogP contribution in [0.4, 0.5) is 0 Å². The Morgan fingerprint density at radius 2 is 2.10 bits per heavy atom. The molecule has 20 heavy (non-hydrogen) atoms. The molecule has 1 aromatic heterocycles. The van der Waals surface area contributed by atoms with E-state index in [1.165, 1.54) is 16.7 Å². The van der Waals surface area contributed by atoms with Crippen LogP contribution in [-0.2, 0) is 22.7 Å². The Hall–Kier alpha value is -1.41. The average Bonchev–Trinajstić information content (AvgIpc) is 2.91. The minimum atomic E-state index is -0.412. The molecule has 0 radical (unpaired) electrons. The summed E-state index contributed by atoms with van der Waals surface area (Å²) in [7, 11) is 0. The third kappa shape index (κ3) is 2.57. The van der Waals surface area contributed by atoms with E-state index >= 15 is 0 Å². The molecule has 1 saturated heterocycles. The number of rotatable bonds is 5. The van der Waals surface area contributed by atoms with Gasteiger partial charge in [-0.25, -0.2) is 0 Å². The average molecular weight is 297 g/mol. The van der Waals surface area contributed by atoms with E-state index in [4.69, 9.17) is 5.73 Å². The van der Waals surface area contributed by atoms with Crippen molar-refractivity contribution in [2.24, 2.45) is 5.73 Å². The van der Waals surface area contributed by atoms with Gasteiger partial charge in [0.1, 0.15) is 11.1 Å². The standard InChI is InChI=1S/C12H19N5O2S/c1-4-16-9(6-13)14-15-12(16)20-8-5-10(18)17(7(2)3)11(8)19/h7-8H,4-6,13H2,1-3H3. The number of imide groups is 1. The van der Waals surface area contributed by atoms with Crippen LogP contribution in [0.5, 0.6) is 0 Å². The number of likely N-dealkylation sites (tertiary alicyclic amines) is 1. The highest BCUT2D eigenvalue weighted by Gasteiger charge is 2.41. The second-order valence-corrected chi connectivity index (χ2v) is 6.02. The first-order valence-corrected chi connectivity index (χ1v) is 7.52. The number of nitrogens with zero attached hydrogens (tertiary/aromatic N) is 4. The van der Waals surface area contributed by atoms with Gasteiger partial charge < -0.3 is 10.3 Å². The predicted molar refractivity (Wildman–Crippen MR) is 74.8 cm³/mol. The SMILES string of the molecule is CCn1c(CN)nnc1SC1CC(=O)N(C(C)C)C1=O. The summed E-state index contributed by atoms with van der Waals surface area (Å²) in [6.45, 7) is 6.63. The number of thioether (sulfide) groups is 1. The maximum absolute atomic E-state index is 12.2. The Morgan fingerprint density at radius 1 is 1.40 bits per heavy atom. The fourth-order valence-corrected chi connectivity index (χ4v) is 3.40. The fourth-order valence-electron chi connectivity index (χ4n) is 2.26. The lowest BCUT2D eigenvalue weighted by atomic mass is 10.3. The molecule has 110 valence electrons. The van der Waals surface area contributed by atoms with E-state index in [-0.39, 0.29) is 24.3 Å². The molecule has 1 unspecified atom stereocenters. The van der Waals surface area contributed by atoms with E-state index in [2.05, 4.69) is 10.2 Å². The van der Waals surface area contributed by atoms with Crippen LogP contribution in [0, 0.1) is 0 Å². The van der Waals surface area contributed by atoms with E-state index in [1.54, 1.807) is 0 Å². The van der Waals surface area contributed by atoms with Gasteiger partial charge in [0.15, 0.2) is 5.16 Å². The number of carbonyl (C=O) groups is 2. The highest BCUT2D eigenvalue weighted by molar-refractivity contribution is 8.00. The van der Waals surface area contributed by atoms with Gasteiger partial charge in [0.05, 0.1) is 6.54 Å². The van der Waals surface area contributed by atoms with Crippen LogP contribution in [0.25, 0.3) is 0 Å². The fraction of sp³-hybridized carbons (Fsp3) is 0.667. The molecule has 1 fully saturated rings. The quantitative estimate of drug-likeness (QED) is 0.790. The van der Waals surface area contributed by atoms with Crippen LogP contribution in [0.1, 0.15) is 33.0 Å². The first kappa shape index (κ1) is 15.0. The summed E-state index contributed by atoms with van der Waals surface area (Å²) in [5.41, 5.74) is 5.60. The third-order valence-electron chi connectivity index (χ3n) is 3.20. The molecule has 2 rings (SSSR count). The highest BCUT2D eigenvalue weighted by atomic mass is 32.2. The molecule has 1 aromatic rings. The molecule has 1 aliphatic rings. The van der Waals surface area contributed by atoms with Gasteiger partial charge in [0.25, 0.3) is 0 Å². The van der Waals surface area contributed by atoms with Gasteiger partial charge in [-0.1, -0.05) is 11.8 Å².